The molecule has 0 saturated carbocycles. The molecule has 0 radical (unpaired) electrons. The lowest BCUT2D eigenvalue weighted by Gasteiger charge is -1.97. The van der Waals surface area contributed by atoms with Crippen LogP contribution in [-0.2, 0) is 4.74 Å². The fourth-order valence-corrected chi connectivity index (χ4v) is 1.50. The largest absolute Gasteiger partial charge is 0.447 e. The van der Waals surface area contributed by atoms with Gasteiger partial charge < -0.3 is 4.74 Å². The molecule has 0 bridgehead atoms. The number of carbonyl (C=O) groups is 1. The van der Waals surface area contributed by atoms with Crippen molar-refractivity contribution in [1.29, 1.82) is 0 Å². The van der Waals surface area contributed by atoms with E-state index in [0.717, 1.165) is 6.42 Å². The Kier molecular flexibility index (Phi) is 0.793. The van der Waals surface area contributed by atoms with Gasteiger partial charge in [0.1, 0.15) is 6.61 Å². The summed E-state index contributed by atoms with van der Waals surface area (Å²) in [5, 5.41) is 0. The fourth-order valence-electron chi connectivity index (χ4n) is 1.50. The second-order valence-corrected chi connectivity index (χ2v) is 2.53. The molecule has 9 heavy (non-hydrogen) atoms. The van der Waals surface area contributed by atoms with Gasteiger partial charge in [0, 0.05) is 0 Å². The average Bonchev–Trinajstić information content (AvgIpc) is 2.46. The van der Waals surface area contributed by atoms with Crippen LogP contribution in [0.4, 0.5) is 4.79 Å². The van der Waals surface area contributed by atoms with E-state index in [2.05, 4.69) is 6.92 Å². The SMILES string of the molecule is CC[C@@H]1[C@H]2COC(=O)N12. The van der Waals surface area contributed by atoms with E-state index in [-0.39, 0.29) is 6.09 Å². The van der Waals surface area contributed by atoms with E-state index in [1.165, 1.54) is 0 Å². The number of hydrogen-bond acceptors (Lipinski definition) is 2. The van der Waals surface area contributed by atoms with Crippen LogP contribution >= 0.6 is 0 Å². The van der Waals surface area contributed by atoms with Gasteiger partial charge in [0.15, 0.2) is 0 Å². The molecule has 2 atom stereocenters. The van der Waals surface area contributed by atoms with Crippen molar-refractivity contribution in [2.45, 2.75) is 25.4 Å². The molecule has 0 N–H and O–H groups in total. The highest BCUT2D eigenvalue weighted by molar-refractivity contribution is 5.74. The van der Waals surface area contributed by atoms with E-state index in [4.69, 9.17) is 4.74 Å². The van der Waals surface area contributed by atoms with E-state index in [0.29, 0.717) is 18.7 Å². The number of fused-ring (bicyclic) bond motifs is 1. The van der Waals surface area contributed by atoms with Gasteiger partial charge in [0.05, 0.1) is 12.1 Å². The van der Waals surface area contributed by atoms with E-state index in [1.54, 1.807) is 4.90 Å². The van der Waals surface area contributed by atoms with Gasteiger partial charge in [-0.15, -0.1) is 0 Å². The smallest absolute Gasteiger partial charge is 0.410 e. The number of carbonyl (C=O) groups excluding carboxylic acids is 1. The van der Waals surface area contributed by atoms with E-state index in [1.807, 2.05) is 0 Å². The van der Waals surface area contributed by atoms with E-state index < -0.39 is 0 Å². The predicted octanol–water partition coefficient (Wildman–Crippen LogP) is 0.599. The van der Waals surface area contributed by atoms with Crippen molar-refractivity contribution in [3.8, 4) is 0 Å². The minimum atomic E-state index is -0.119. The summed E-state index contributed by atoms with van der Waals surface area (Å²) in [6.07, 6.45) is 0.951. The van der Waals surface area contributed by atoms with Crippen molar-refractivity contribution in [3.05, 3.63) is 0 Å². The molecule has 1 amide bonds. The van der Waals surface area contributed by atoms with Gasteiger partial charge in [-0.25, -0.2) is 4.79 Å². The highest BCUT2D eigenvalue weighted by Crippen LogP contribution is 2.36. The minimum Gasteiger partial charge on any atom is -0.447 e. The minimum absolute atomic E-state index is 0.119. The third kappa shape index (κ3) is 0.491. The molecule has 0 aliphatic carbocycles. The van der Waals surface area contributed by atoms with Crippen LogP contribution in [0.15, 0.2) is 0 Å². The summed E-state index contributed by atoms with van der Waals surface area (Å²) in [6.45, 7) is 2.72. The van der Waals surface area contributed by atoms with Gasteiger partial charge in [-0.2, -0.15) is 0 Å². The number of hydrogen-bond donors (Lipinski definition) is 0. The Labute approximate surface area is 53.6 Å². The maximum absolute atomic E-state index is 10.7. The molecule has 0 aromatic rings. The zero-order chi connectivity index (χ0) is 6.43. The van der Waals surface area contributed by atoms with Gasteiger partial charge in [0.25, 0.3) is 0 Å². The normalized spacial score (nSPS) is 38.3. The molecule has 2 heterocycles. The molecule has 3 nitrogen and oxygen atoms in total. The first-order chi connectivity index (χ1) is 4.34. The lowest BCUT2D eigenvalue weighted by molar-refractivity contribution is 0.155. The van der Waals surface area contributed by atoms with Crippen LogP contribution in [0, 0.1) is 0 Å². The Morgan fingerprint density at radius 1 is 1.89 bits per heavy atom. The first-order valence-corrected chi connectivity index (χ1v) is 3.29. The standard InChI is InChI=1S/C6H9NO2/c1-2-4-5-3-9-6(8)7(4)5/h4-5H,2-3H2,1H3/t4-,5-,7?/m1/s1. The van der Waals surface area contributed by atoms with Crippen molar-refractivity contribution < 1.29 is 9.53 Å². The lowest BCUT2D eigenvalue weighted by atomic mass is 10.3. The van der Waals surface area contributed by atoms with E-state index >= 15 is 0 Å². The van der Waals surface area contributed by atoms with Gasteiger partial charge in [-0.1, -0.05) is 6.92 Å². The van der Waals surface area contributed by atoms with Gasteiger partial charge in [-0.3, -0.25) is 4.90 Å². The molecule has 50 valence electrons. The van der Waals surface area contributed by atoms with Gasteiger partial charge >= 0.3 is 6.09 Å². The summed E-state index contributed by atoms with van der Waals surface area (Å²) < 4.78 is 4.73. The van der Waals surface area contributed by atoms with Crippen molar-refractivity contribution in [3.63, 3.8) is 0 Å². The van der Waals surface area contributed by atoms with Gasteiger partial charge in [0.2, 0.25) is 0 Å². The summed E-state index contributed by atoms with van der Waals surface area (Å²) >= 11 is 0. The Hall–Kier alpha value is -0.730. The first-order valence-electron chi connectivity index (χ1n) is 3.29. The maximum atomic E-state index is 10.7. The Morgan fingerprint density at radius 2 is 2.67 bits per heavy atom. The molecule has 2 aliphatic heterocycles. The third-order valence-corrected chi connectivity index (χ3v) is 2.08. The highest BCUT2D eigenvalue weighted by Gasteiger charge is 2.55. The molecule has 2 rings (SSSR count). The second kappa shape index (κ2) is 1.40. The predicted molar refractivity (Wildman–Crippen MR) is 31.1 cm³/mol. The number of nitrogens with zero attached hydrogens (tertiary/aromatic N) is 1. The van der Waals surface area contributed by atoms with Gasteiger partial charge in [-0.05, 0) is 6.42 Å². The molecule has 0 spiro atoms. The summed E-state index contributed by atoms with van der Waals surface area (Å²) in [4.78, 5) is 12.5. The number of cyclic esters (lactones) is 1. The second-order valence-electron chi connectivity index (χ2n) is 2.53. The Balaban J connectivity index is 2.06. The summed E-state index contributed by atoms with van der Waals surface area (Å²) in [7, 11) is 0. The summed E-state index contributed by atoms with van der Waals surface area (Å²) in [6, 6.07) is 0.939. The van der Waals surface area contributed by atoms with Crippen LogP contribution in [0.5, 0.6) is 0 Å². The molecule has 2 aliphatic rings. The van der Waals surface area contributed by atoms with Crippen molar-refractivity contribution >= 4 is 6.09 Å². The summed E-state index contributed by atoms with van der Waals surface area (Å²) in [5.74, 6) is 0. The third-order valence-electron chi connectivity index (χ3n) is 2.08. The number of ether oxygens (including phenoxy) is 1. The van der Waals surface area contributed by atoms with Crippen LogP contribution in [0.2, 0.25) is 0 Å². The summed E-state index contributed by atoms with van der Waals surface area (Å²) in [5.41, 5.74) is 0. The monoisotopic (exact) mass is 127 g/mol. The zero-order valence-corrected chi connectivity index (χ0v) is 5.33. The molecule has 3 heteroatoms. The molecule has 0 aromatic carbocycles. The average molecular weight is 127 g/mol. The van der Waals surface area contributed by atoms with Crippen LogP contribution in [-0.4, -0.2) is 29.7 Å². The topological polar surface area (TPSA) is 29.3 Å². The number of amides is 1. The van der Waals surface area contributed by atoms with Crippen molar-refractivity contribution in [1.82, 2.24) is 4.90 Å². The van der Waals surface area contributed by atoms with Crippen LogP contribution < -0.4 is 0 Å². The Bertz CT molecular complexity index is 153. The molecule has 0 unspecified atom stereocenters. The fraction of sp³-hybridized carbons (Fsp3) is 0.833. The van der Waals surface area contributed by atoms with Crippen LogP contribution in [0.3, 0.4) is 0 Å². The highest BCUT2D eigenvalue weighted by atomic mass is 16.6. The molecule has 0 aromatic heterocycles. The Morgan fingerprint density at radius 3 is 3.00 bits per heavy atom. The van der Waals surface area contributed by atoms with Crippen molar-refractivity contribution in [2.75, 3.05) is 6.61 Å². The number of rotatable bonds is 1. The molecular weight excluding hydrogens is 118 g/mol. The molecule has 2 fully saturated rings. The zero-order valence-electron chi connectivity index (χ0n) is 5.33. The molecule has 2 saturated heterocycles. The maximum Gasteiger partial charge on any atom is 0.410 e. The lowest BCUT2D eigenvalue weighted by Crippen LogP contribution is -2.11. The van der Waals surface area contributed by atoms with Crippen LogP contribution in [0.25, 0.3) is 0 Å². The van der Waals surface area contributed by atoms with E-state index in [9.17, 15) is 4.79 Å². The molecular formula is C6H9NO2. The first kappa shape index (κ1) is 5.09. The van der Waals surface area contributed by atoms with Crippen LogP contribution in [0.1, 0.15) is 13.3 Å². The van der Waals surface area contributed by atoms with Crippen molar-refractivity contribution in [2.24, 2.45) is 0 Å². The quantitative estimate of drug-likeness (QED) is 0.483.